The van der Waals surface area contributed by atoms with Crippen molar-refractivity contribution in [3.63, 3.8) is 0 Å². The largest absolute Gasteiger partial charge is 0.395 e. The van der Waals surface area contributed by atoms with E-state index in [0.29, 0.717) is 6.04 Å². The molecule has 0 aliphatic heterocycles. The van der Waals surface area contributed by atoms with Crippen LogP contribution in [0.1, 0.15) is 19.3 Å². The number of benzene rings is 1. The first-order valence-electron chi connectivity index (χ1n) is 6.64. The van der Waals surface area contributed by atoms with E-state index in [2.05, 4.69) is 22.5 Å². The van der Waals surface area contributed by atoms with Crippen LogP contribution < -0.4 is 5.32 Å². The number of aryl methyl sites for hydroxylation is 1. The highest BCUT2D eigenvalue weighted by molar-refractivity contribution is 5.78. The zero-order valence-corrected chi connectivity index (χ0v) is 10.4. The number of para-hydroxylation sites is 1. The SMILES string of the molecule is OCC(CCn1ncc2ccccc21)NC1CC1. The lowest BCUT2D eigenvalue weighted by Gasteiger charge is -2.15. The molecule has 18 heavy (non-hydrogen) atoms. The Labute approximate surface area is 107 Å². The molecule has 2 aromatic rings. The van der Waals surface area contributed by atoms with Gasteiger partial charge in [0, 0.05) is 24.0 Å². The Morgan fingerprint density at radius 1 is 1.39 bits per heavy atom. The molecule has 0 saturated heterocycles. The van der Waals surface area contributed by atoms with E-state index >= 15 is 0 Å². The summed E-state index contributed by atoms with van der Waals surface area (Å²) in [4.78, 5) is 0. The minimum Gasteiger partial charge on any atom is -0.395 e. The van der Waals surface area contributed by atoms with Crippen molar-refractivity contribution in [3.8, 4) is 0 Å². The lowest BCUT2D eigenvalue weighted by atomic mass is 10.2. The first-order chi connectivity index (χ1) is 8.86. The second-order valence-corrected chi connectivity index (χ2v) is 5.04. The maximum Gasteiger partial charge on any atom is 0.0682 e. The molecule has 4 nitrogen and oxygen atoms in total. The van der Waals surface area contributed by atoms with E-state index in [1.54, 1.807) is 0 Å². The summed E-state index contributed by atoms with van der Waals surface area (Å²) in [7, 11) is 0. The van der Waals surface area contributed by atoms with Gasteiger partial charge in [0.25, 0.3) is 0 Å². The molecular weight excluding hydrogens is 226 g/mol. The van der Waals surface area contributed by atoms with E-state index in [0.717, 1.165) is 13.0 Å². The molecule has 1 atom stereocenters. The summed E-state index contributed by atoms with van der Waals surface area (Å²) in [5.74, 6) is 0. The zero-order valence-electron chi connectivity index (χ0n) is 10.4. The molecule has 0 radical (unpaired) electrons. The smallest absolute Gasteiger partial charge is 0.0682 e. The average Bonchev–Trinajstić information content (AvgIpc) is 3.13. The van der Waals surface area contributed by atoms with Gasteiger partial charge in [-0.15, -0.1) is 0 Å². The summed E-state index contributed by atoms with van der Waals surface area (Å²) < 4.78 is 2.02. The van der Waals surface area contributed by atoms with Crippen LogP contribution in [0.15, 0.2) is 30.5 Å². The van der Waals surface area contributed by atoms with Crippen LogP contribution in [-0.4, -0.2) is 33.6 Å². The minimum atomic E-state index is 0.195. The lowest BCUT2D eigenvalue weighted by Crippen LogP contribution is -2.35. The molecule has 96 valence electrons. The van der Waals surface area contributed by atoms with Crippen LogP contribution in [0.5, 0.6) is 0 Å². The molecule has 3 rings (SSSR count). The van der Waals surface area contributed by atoms with Gasteiger partial charge in [-0.3, -0.25) is 4.68 Å². The van der Waals surface area contributed by atoms with Crippen LogP contribution in [-0.2, 0) is 6.54 Å². The summed E-state index contributed by atoms with van der Waals surface area (Å²) in [5, 5.41) is 18.4. The molecule has 2 N–H and O–H groups in total. The zero-order chi connectivity index (χ0) is 12.4. The molecule has 1 aromatic carbocycles. The molecule has 1 aliphatic carbocycles. The maximum atomic E-state index is 9.35. The first kappa shape index (κ1) is 11.7. The predicted octanol–water partition coefficient (Wildman–Crippen LogP) is 1.54. The molecular formula is C14H19N3O. The Hall–Kier alpha value is -1.39. The van der Waals surface area contributed by atoms with Gasteiger partial charge in [0.05, 0.1) is 18.3 Å². The number of hydrogen-bond acceptors (Lipinski definition) is 3. The van der Waals surface area contributed by atoms with Crippen LogP contribution in [0, 0.1) is 0 Å². The standard InChI is InChI=1S/C14H19N3O/c18-10-13(16-12-5-6-12)7-8-17-14-4-2-1-3-11(14)9-15-17/h1-4,9,12-13,16,18H,5-8,10H2. The Morgan fingerprint density at radius 3 is 3.00 bits per heavy atom. The van der Waals surface area contributed by atoms with Gasteiger partial charge in [-0.05, 0) is 25.3 Å². The molecule has 0 amide bonds. The summed E-state index contributed by atoms with van der Waals surface area (Å²) >= 11 is 0. The van der Waals surface area contributed by atoms with Crippen LogP contribution in [0.25, 0.3) is 10.9 Å². The fourth-order valence-corrected chi connectivity index (χ4v) is 2.29. The lowest BCUT2D eigenvalue weighted by molar-refractivity contribution is 0.229. The quantitative estimate of drug-likeness (QED) is 0.811. The van der Waals surface area contributed by atoms with Gasteiger partial charge >= 0.3 is 0 Å². The highest BCUT2D eigenvalue weighted by atomic mass is 16.3. The second-order valence-electron chi connectivity index (χ2n) is 5.04. The summed E-state index contributed by atoms with van der Waals surface area (Å²) in [6.07, 6.45) is 5.32. The third-order valence-corrected chi connectivity index (χ3v) is 3.51. The van der Waals surface area contributed by atoms with Crippen LogP contribution in [0.2, 0.25) is 0 Å². The summed E-state index contributed by atoms with van der Waals surface area (Å²) in [6, 6.07) is 9.05. The summed E-state index contributed by atoms with van der Waals surface area (Å²) in [5.41, 5.74) is 1.17. The van der Waals surface area contributed by atoms with E-state index in [-0.39, 0.29) is 12.6 Å². The second kappa shape index (κ2) is 5.08. The molecule has 4 heteroatoms. The van der Waals surface area contributed by atoms with Gasteiger partial charge in [-0.25, -0.2) is 0 Å². The van der Waals surface area contributed by atoms with Crippen LogP contribution in [0.3, 0.4) is 0 Å². The fourth-order valence-electron chi connectivity index (χ4n) is 2.29. The molecule has 1 saturated carbocycles. The number of nitrogens with one attached hydrogen (secondary N) is 1. The topological polar surface area (TPSA) is 50.1 Å². The molecule has 1 heterocycles. The monoisotopic (exact) mass is 245 g/mol. The van der Waals surface area contributed by atoms with E-state index in [4.69, 9.17) is 0 Å². The molecule has 0 spiro atoms. The molecule has 1 fully saturated rings. The predicted molar refractivity (Wildman–Crippen MR) is 71.4 cm³/mol. The molecule has 0 bridgehead atoms. The summed E-state index contributed by atoms with van der Waals surface area (Å²) in [6.45, 7) is 1.05. The average molecular weight is 245 g/mol. The van der Waals surface area contributed by atoms with Crippen molar-refractivity contribution in [2.75, 3.05) is 6.61 Å². The van der Waals surface area contributed by atoms with E-state index in [9.17, 15) is 5.11 Å². The normalized spacial score (nSPS) is 17.2. The number of hydrogen-bond donors (Lipinski definition) is 2. The Kier molecular flexibility index (Phi) is 3.30. The van der Waals surface area contributed by atoms with Gasteiger partial charge < -0.3 is 10.4 Å². The third-order valence-electron chi connectivity index (χ3n) is 3.51. The van der Waals surface area contributed by atoms with E-state index in [1.807, 2.05) is 23.0 Å². The fraction of sp³-hybridized carbons (Fsp3) is 0.500. The van der Waals surface area contributed by atoms with Crippen LogP contribution >= 0.6 is 0 Å². The van der Waals surface area contributed by atoms with Gasteiger partial charge in [0.15, 0.2) is 0 Å². The molecule has 1 unspecified atom stereocenters. The number of fused-ring (bicyclic) bond motifs is 1. The number of aliphatic hydroxyl groups excluding tert-OH is 1. The highest BCUT2D eigenvalue weighted by Gasteiger charge is 2.24. The Morgan fingerprint density at radius 2 is 2.22 bits per heavy atom. The van der Waals surface area contributed by atoms with Gasteiger partial charge in [0.2, 0.25) is 0 Å². The van der Waals surface area contributed by atoms with E-state index in [1.165, 1.54) is 23.7 Å². The number of aliphatic hydroxyl groups is 1. The van der Waals surface area contributed by atoms with Gasteiger partial charge in [-0.2, -0.15) is 5.10 Å². The third kappa shape index (κ3) is 2.54. The molecule has 1 aromatic heterocycles. The van der Waals surface area contributed by atoms with Crippen molar-refractivity contribution < 1.29 is 5.11 Å². The van der Waals surface area contributed by atoms with Crippen molar-refractivity contribution in [2.45, 2.75) is 37.9 Å². The minimum absolute atomic E-state index is 0.195. The number of nitrogens with zero attached hydrogens (tertiary/aromatic N) is 2. The van der Waals surface area contributed by atoms with Crippen molar-refractivity contribution in [2.24, 2.45) is 0 Å². The molecule has 1 aliphatic rings. The van der Waals surface area contributed by atoms with Crippen LogP contribution in [0.4, 0.5) is 0 Å². The van der Waals surface area contributed by atoms with Crippen molar-refractivity contribution in [1.82, 2.24) is 15.1 Å². The number of aromatic nitrogens is 2. The van der Waals surface area contributed by atoms with Gasteiger partial charge in [-0.1, -0.05) is 18.2 Å². The maximum absolute atomic E-state index is 9.35. The van der Waals surface area contributed by atoms with Gasteiger partial charge in [0.1, 0.15) is 0 Å². The Bertz CT molecular complexity index is 518. The van der Waals surface area contributed by atoms with Crippen molar-refractivity contribution in [3.05, 3.63) is 30.5 Å². The number of rotatable bonds is 6. The highest BCUT2D eigenvalue weighted by Crippen LogP contribution is 2.20. The first-order valence-corrected chi connectivity index (χ1v) is 6.64. The van der Waals surface area contributed by atoms with E-state index < -0.39 is 0 Å². The van der Waals surface area contributed by atoms with Crippen molar-refractivity contribution >= 4 is 10.9 Å². The van der Waals surface area contributed by atoms with Crippen molar-refractivity contribution in [1.29, 1.82) is 0 Å². The Balaban J connectivity index is 1.64.